The Morgan fingerprint density at radius 3 is 2.59 bits per heavy atom. The van der Waals surface area contributed by atoms with E-state index in [1.165, 1.54) is 0 Å². The van der Waals surface area contributed by atoms with Crippen molar-refractivity contribution in [3.05, 3.63) is 29.3 Å². The Kier molecular flexibility index (Phi) is 9.01. The molecule has 1 aromatic rings. The van der Waals surface area contributed by atoms with Gasteiger partial charge in [-0.1, -0.05) is 11.6 Å². The molecule has 0 bridgehead atoms. The number of thioether (sulfide) groups is 1. The molecule has 0 aliphatic carbocycles. The first kappa shape index (κ1) is 22.1. The average Bonchev–Trinajstić information content (AvgIpc) is 2.67. The highest BCUT2D eigenvalue weighted by atomic mass is 35.5. The smallest absolute Gasteiger partial charge is 0.215 e. The number of rotatable bonds is 8. The molecule has 0 spiro atoms. The third-order valence-electron chi connectivity index (χ3n) is 3.95. The third-order valence-corrected chi connectivity index (χ3v) is 7.01. The van der Waals surface area contributed by atoms with Gasteiger partial charge in [-0.3, -0.25) is 4.99 Å². The fourth-order valence-electron chi connectivity index (χ4n) is 2.50. The molecule has 10 heteroatoms. The van der Waals surface area contributed by atoms with Gasteiger partial charge in [0.05, 0.1) is 12.3 Å². The van der Waals surface area contributed by atoms with Crippen LogP contribution in [0.1, 0.15) is 6.92 Å². The molecular weight excluding hydrogens is 408 g/mol. The number of benzene rings is 1. The molecule has 27 heavy (non-hydrogen) atoms. The minimum atomic E-state index is -3.22. The van der Waals surface area contributed by atoms with Gasteiger partial charge in [-0.25, -0.2) is 12.7 Å². The predicted octanol–water partition coefficient (Wildman–Crippen LogP) is 1.65. The molecule has 1 atom stereocenters. The predicted molar refractivity (Wildman–Crippen MR) is 114 cm³/mol. The lowest BCUT2D eigenvalue weighted by Crippen LogP contribution is -2.45. The topological polar surface area (TPSA) is 83.0 Å². The van der Waals surface area contributed by atoms with E-state index in [1.807, 2.05) is 19.1 Å². The minimum Gasteiger partial charge on any atom is -0.489 e. The standard InChI is InChI=1S/C17H27ClN4O3S2/c1-14(25-16-5-3-15(18)4-6-16)13-21-17(19-2)20-7-12-27(23,24)22-8-10-26-11-9-22/h3-6,14H,7-13H2,1-2H3,(H2,19,20,21). The molecule has 1 heterocycles. The summed E-state index contributed by atoms with van der Waals surface area (Å²) in [5.74, 6) is 3.06. The van der Waals surface area contributed by atoms with Crippen LogP contribution >= 0.6 is 23.4 Å². The Balaban J connectivity index is 1.71. The maximum absolute atomic E-state index is 12.3. The maximum atomic E-state index is 12.3. The lowest BCUT2D eigenvalue weighted by Gasteiger charge is -2.25. The summed E-state index contributed by atoms with van der Waals surface area (Å²) in [6, 6.07) is 7.18. The van der Waals surface area contributed by atoms with Gasteiger partial charge in [0.15, 0.2) is 5.96 Å². The molecule has 152 valence electrons. The quantitative estimate of drug-likeness (QED) is 0.478. The average molecular weight is 435 g/mol. The number of hydrogen-bond acceptors (Lipinski definition) is 5. The van der Waals surface area contributed by atoms with Gasteiger partial charge in [0.2, 0.25) is 10.0 Å². The molecule has 1 saturated heterocycles. The lowest BCUT2D eigenvalue weighted by molar-refractivity contribution is 0.224. The van der Waals surface area contributed by atoms with Crippen LogP contribution in [0.3, 0.4) is 0 Å². The molecular formula is C17H27ClN4O3S2. The zero-order valence-corrected chi connectivity index (χ0v) is 18.0. The molecule has 1 fully saturated rings. The molecule has 1 aromatic carbocycles. The Bertz CT molecular complexity index is 707. The highest BCUT2D eigenvalue weighted by Gasteiger charge is 2.23. The summed E-state index contributed by atoms with van der Waals surface area (Å²) in [6.07, 6.45) is -0.0979. The zero-order chi connectivity index (χ0) is 19.7. The molecule has 1 aliphatic rings. The van der Waals surface area contributed by atoms with E-state index in [4.69, 9.17) is 16.3 Å². The second kappa shape index (κ2) is 11.0. The first-order valence-electron chi connectivity index (χ1n) is 8.83. The van der Waals surface area contributed by atoms with Crippen LogP contribution in [0.5, 0.6) is 5.75 Å². The number of ether oxygens (including phenoxy) is 1. The molecule has 7 nitrogen and oxygen atoms in total. The maximum Gasteiger partial charge on any atom is 0.215 e. The lowest BCUT2D eigenvalue weighted by atomic mass is 10.3. The Morgan fingerprint density at radius 1 is 1.30 bits per heavy atom. The van der Waals surface area contributed by atoms with Crippen molar-refractivity contribution in [2.24, 2.45) is 4.99 Å². The van der Waals surface area contributed by atoms with Crippen LogP contribution in [0.2, 0.25) is 5.02 Å². The van der Waals surface area contributed by atoms with Crippen molar-refractivity contribution in [2.75, 3.05) is 50.5 Å². The van der Waals surface area contributed by atoms with Crippen LogP contribution in [0, 0.1) is 0 Å². The Morgan fingerprint density at radius 2 is 1.96 bits per heavy atom. The van der Waals surface area contributed by atoms with Crippen LogP contribution in [0.15, 0.2) is 29.3 Å². The molecule has 2 N–H and O–H groups in total. The van der Waals surface area contributed by atoms with Crippen LogP contribution in [-0.4, -0.2) is 75.3 Å². The van der Waals surface area contributed by atoms with E-state index in [0.29, 0.717) is 37.2 Å². The van der Waals surface area contributed by atoms with E-state index in [2.05, 4.69) is 15.6 Å². The van der Waals surface area contributed by atoms with Gasteiger partial charge >= 0.3 is 0 Å². The highest BCUT2D eigenvalue weighted by Crippen LogP contribution is 2.16. The number of hydrogen-bond donors (Lipinski definition) is 2. The van der Waals surface area contributed by atoms with Crippen molar-refractivity contribution in [1.82, 2.24) is 14.9 Å². The van der Waals surface area contributed by atoms with Crippen molar-refractivity contribution >= 4 is 39.3 Å². The Hall–Kier alpha value is -1.16. The van der Waals surface area contributed by atoms with Crippen molar-refractivity contribution in [2.45, 2.75) is 13.0 Å². The van der Waals surface area contributed by atoms with Crippen molar-refractivity contribution < 1.29 is 13.2 Å². The largest absolute Gasteiger partial charge is 0.489 e. The fraction of sp³-hybridized carbons (Fsp3) is 0.588. The van der Waals surface area contributed by atoms with E-state index in [9.17, 15) is 8.42 Å². The number of sulfonamides is 1. The van der Waals surface area contributed by atoms with E-state index in [0.717, 1.165) is 17.3 Å². The van der Waals surface area contributed by atoms with E-state index in [-0.39, 0.29) is 11.9 Å². The summed E-state index contributed by atoms with van der Waals surface area (Å²) in [4.78, 5) is 4.12. The fourth-order valence-corrected chi connectivity index (χ4v) is 5.12. The van der Waals surface area contributed by atoms with Crippen LogP contribution in [0.25, 0.3) is 0 Å². The zero-order valence-electron chi connectivity index (χ0n) is 15.7. The molecule has 0 radical (unpaired) electrons. The summed E-state index contributed by atoms with van der Waals surface area (Å²) >= 11 is 7.65. The first-order chi connectivity index (χ1) is 12.9. The number of guanidine groups is 1. The SMILES string of the molecule is CN=C(NCCS(=O)(=O)N1CCSCC1)NCC(C)Oc1ccc(Cl)cc1. The van der Waals surface area contributed by atoms with Crippen molar-refractivity contribution in [3.8, 4) is 5.75 Å². The van der Waals surface area contributed by atoms with Gasteiger partial charge in [0.25, 0.3) is 0 Å². The molecule has 0 aromatic heterocycles. The van der Waals surface area contributed by atoms with Gasteiger partial charge in [-0.15, -0.1) is 0 Å². The summed E-state index contributed by atoms with van der Waals surface area (Å²) < 4.78 is 32.0. The van der Waals surface area contributed by atoms with Crippen LogP contribution < -0.4 is 15.4 Å². The summed E-state index contributed by atoms with van der Waals surface area (Å²) in [6.45, 7) is 3.96. The Labute approximate surface area is 170 Å². The summed E-state index contributed by atoms with van der Waals surface area (Å²) in [7, 11) is -1.57. The minimum absolute atomic E-state index is 0.0508. The van der Waals surface area contributed by atoms with Gasteiger partial charge < -0.3 is 15.4 Å². The third kappa shape index (κ3) is 7.77. The van der Waals surface area contributed by atoms with Gasteiger partial charge in [-0.05, 0) is 31.2 Å². The van der Waals surface area contributed by atoms with E-state index >= 15 is 0 Å². The summed E-state index contributed by atoms with van der Waals surface area (Å²) in [5.41, 5.74) is 0. The van der Waals surface area contributed by atoms with Crippen LogP contribution in [-0.2, 0) is 10.0 Å². The highest BCUT2D eigenvalue weighted by molar-refractivity contribution is 7.99. The monoisotopic (exact) mass is 434 g/mol. The number of nitrogens with zero attached hydrogens (tertiary/aromatic N) is 2. The normalized spacial score (nSPS) is 17.4. The van der Waals surface area contributed by atoms with Crippen LogP contribution in [0.4, 0.5) is 0 Å². The second-order valence-electron chi connectivity index (χ2n) is 6.09. The molecule has 0 saturated carbocycles. The van der Waals surface area contributed by atoms with Gasteiger partial charge in [-0.2, -0.15) is 11.8 Å². The molecule has 1 unspecified atom stereocenters. The number of aliphatic imine (C=N–C) groups is 1. The number of nitrogens with one attached hydrogen (secondary N) is 2. The second-order valence-corrected chi connectivity index (χ2v) is 9.84. The van der Waals surface area contributed by atoms with E-state index in [1.54, 1.807) is 35.2 Å². The van der Waals surface area contributed by atoms with Gasteiger partial charge in [0.1, 0.15) is 11.9 Å². The molecule has 2 rings (SSSR count). The molecule has 0 amide bonds. The number of halogens is 1. The van der Waals surface area contributed by atoms with E-state index < -0.39 is 10.0 Å². The van der Waals surface area contributed by atoms with Crippen molar-refractivity contribution in [3.63, 3.8) is 0 Å². The summed E-state index contributed by atoms with van der Waals surface area (Å²) in [5, 5.41) is 6.85. The molecule has 1 aliphatic heterocycles. The van der Waals surface area contributed by atoms with Crippen molar-refractivity contribution in [1.29, 1.82) is 0 Å². The van der Waals surface area contributed by atoms with Gasteiger partial charge in [0, 0.05) is 43.2 Å². The first-order valence-corrected chi connectivity index (χ1v) is 12.0.